The molecule has 0 radical (unpaired) electrons. The number of carbonyl (C=O) groups excluding carboxylic acids is 1. The monoisotopic (exact) mass is 460 g/mol. The fourth-order valence-electron chi connectivity index (χ4n) is 3.80. The molecule has 5 nitrogen and oxygen atoms in total. The predicted molar refractivity (Wildman–Crippen MR) is 128 cm³/mol. The number of aryl methyl sites for hydroxylation is 1. The van der Waals surface area contributed by atoms with E-state index < -0.39 is 10.0 Å². The van der Waals surface area contributed by atoms with Gasteiger partial charge in [-0.1, -0.05) is 38.3 Å². The number of amides is 1. The Balaban J connectivity index is 1.82. The molecule has 7 heteroatoms. The Bertz CT molecular complexity index is 980. The first-order valence-corrected chi connectivity index (χ1v) is 13.7. The van der Waals surface area contributed by atoms with Crippen LogP contribution in [0, 0.1) is 0 Å². The van der Waals surface area contributed by atoms with Crippen LogP contribution in [0.4, 0.5) is 5.69 Å². The van der Waals surface area contributed by atoms with Gasteiger partial charge in [0, 0.05) is 23.7 Å². The molecule has 31 heavy (non-hydrogen) atoms. The first-order chi connectivity index (χ1) is 14.9. The molecule has 1 fully saturated rings. The molecule has 1 aliphatic rings. The first kappa shape index (κ1) is 23.7. The molecule has 1 heterocycles. The molecule has 0 bridgehead atoms. The van der Waals surface area contributed by atoms with Crippen LogP contribution < -0.4 is 4.72 Å². The van der Waals surface area contributed by atoms with Crippen LogP contribution in [0.2, 0.25) is 0 Å². The number of anilines is 1. The van der Waals surface area contributed by atoms with Crippen LogP contribution in [0.25, 0.3) is 0 Å². The van der Waals surface area contributed by atoms with Crippen LogP contribution >= 0.6 is 11.8 Å². The van der Waals surface area contributed by atoms with Gasteiger partial charge in [-0.25, -0.2) is 8.42 Å². The SMILES string of the molecule is CCCCc1ccc(NS(=O)(=O)c2ccc(SC)c(C(=O)N3CCCCCC3)c2)cc1. The summed E-state index contributed by atoms with van der Waals surface area (Å²) in [7, 11) is -3.79. The highest BCUT2D eigenvalue weighted by Gasteiger charge is 2.23. The topological polar surface area (TPSA) is 66.5 Å². The Morgan fingerprint density at radius 3 is 2.32 bits per heavy atom. The first-order valence-electron chi connectivity index (χ1n) is 11.0. The molecule has 0 saturated carbocycles. The summed E-state index contributed by atoms with van der Waals surface area (Å²) in [5, 5.41) is 0. The van der Waals surface area contributed by atoms with Crippen molar-refractivity contribution in [2.24, 2.45) is 0 Å². The van der Waals surface area contributed by atoms with Crippen molar-refractivity contribution in [2.75, 3.05) is 24.1 Å². The molecule has 1 aliphatic heterocycles. The Morgan fingerprint density at radius 2 is 1.71 bits per heavy atom. The lowest BCUT2D eigenvalue weighted by molar-refractivity contribution is 0.0758. The minimum absolute atomic E-state index is 0.0800. The third-order valence-corrected chi connectivity index (χ3v) is 7.80. The summed E-state index contributed by atoms with van der Waals surface area (Å²) in [6.45, 7) is 3.61. The zero-order valence-electron chi connectivity index (χ0n) is 18.4. The zero-order valence-corrected chi connectivity index (χ0v) is 20.0. The summed E-state index contributed by atoms with van der Waals surface area (Å²) in [5.74, 6) is -0.0800. The van der Waals surface area contributed by atoms with Crippen molar-refractivity contribution in [1.29, 1.82) is 0 Å². The molecular formula is C24H32N2O3S2. The van der Waals surface area contributed by atoms with Crippen molar-refractivity contribution in [1.82, 2.24) is 4.90 Å². The summed E-state index contributed by atoms with van der Waals surface area (Å²) in [6.07, 6.45) is 9.38. The molecule has 0 aromatic heterocycles. The highest BCUT2D eigenvalue weighted by molar-refractivity contribution is 7.98. The van der Waals surface area contributed by atoms with Gasteiger partial charge in [-0.15, -0.1) is 11.8 Å². The maximum absolute atomic E-state index is 13.2. The molecule has 2 aromatic rings. The van der Waals surface area contributed by atoms with E-state index in [1.54, 1.807) is 24.3 Å². The summed E-state index contributed by atoms with van der Waals surface area (Å²) < 4.78 is 28.7. The van der Waals surface area contributed by atoms with Gasteiger partial charge in [-0.05, 0) is 67.8 Å². The number of sulfonamides is 1. The van der Waals surface area contributed by atoms with Gasteiger partial charge in [-0.3, -0.25) is 9.52 Å². The van der Waals surface area contributed by atoms with Crippen LogP contribution in [-0.2, 0) is 16.4 Å². The van der Waals surface area contributed by atoms with E-state index in [1.165, 1.54) is 23.4 Å². The molecule has 3 rings (SSSR count). The van der Waals surface area contributed by atoms with E-state index in [2.05, 4.69) is 11.6 Å². The number of benzene rings is 2. The fraction of sp³-hybridized carbons (Fsp3) is 0.458. The number of unbranched alkanes of at least 4 members (excludes halogenated alkanes) is 1. The molecule has 2 aromatic carbocycles. The van der Waals surface area contributed by atoms with E-state index in [1.807, 2.05) is 23.3 Å². The van der Waals surface area contributed by atoms with E-state index in [-0.39, 0.29) is 10.8 Å². The van der Waals surface area contributed by atoms with Gasteiger partial charge in [0.05, 0.1) is 10.5 Å². The van der Waals surface area contributed by atoms with E-state index in [0.29, 0.717) is 11.3 Å². The Hall–Kier alpha value is -1.99. The lowest BCUT2D eigenvalue weighted by Crippen LogP contribution is -2.32. The molecule has 1 N–H and O–H groups in total. The highest BCUT2D eigenvalue weighted by Crippen LogP contribution is 2.27. The van der Waals surface area contributed by atoms with Crippen LogP contribution in [0.3, 0.4) is 0 Å². The molecule has 0 unspecified atom stereocenters. The maximum atomic E-state index is 13.2. The smallest absolute Gasteiger partial charge is 0.261 e. The summed E-state index contributed by atoms with van der Waals surface area (Å²) in [5.41, 5.74) is 2.18. The van der Waals surface area contributed by atoms with Gasteiger partial charge < -0.3 is 4.90 Å². The second kappa shape index (κ2) is 11.0. The quantitative estimate of drug-likeness (QED) is 0.523. The Kier molecular flexibility index (Phi) is 8.43. The number of nitrogens with zero attached hydrogens (tertiary/aromatic N) is 1. The molecule has 0 spiro atoms. The minimum atomic E-state index is -3.79. The van der Waals surface area contributed by atoms with Crippen LogP contribution in [-0.4, -0.2) is 38.6 Å². The zero-order chi connectivity index (χ0) is 22.3. The maximum Gasteiger partial charge on any atom is 0.261 e. The third-order valence-electron chi connectivity index (χ3n) is 5.63. The second-order valence-corrected chi connectivity index (χ2v) is 10.5. The molecule has 1 amide bonds. The average Bonchev–Trinajstić information content (AvgIpc) is 3.07. The van der Waals surface area contributed by atoms with Crippen molar-refractivity contribution in [3.63, 3.8) is 0 Å². The van der Waals surface area contributed by atoms with Gasteiger partial charge in [0.1, 0.15) is 0 Å². The van der Waals surface area contributed by atoms with Gasteiger partial charge in [0.15, 0.2) is 0 Å². The predicted octanol–water partition coefficient (Wildman–Crippen LogP) is 5.57. The number of hydrogen-bond donors (Lipinski definition) is 1. The number of rotatable bonds is 8. The van der Waals surface area contributed by atoms with Gasteiger partial charge in [-0.2, -0.15) is 0 Å². The molecular weight excluding hydrogens is 428 g/mol. The number of carbonyl (C=O) groups is 1. The van der Waals surface area contributed by atoms with Crippen molar-refractivity contribution in [3.05, 3.63) is 53.6 Å². The number of nitrogens with one attached hydrogen (secondary N) is 1. The van der Waals surface area contributed by atoms with Crippen molar-refractivity contribution in [3.8, 4) is 0 Å². The molecule has 1 saturated heterocycles. The molecule has 168 valence electrons. The highest BCUT2D eigenvalue weighted by atomic mass is 32.2. The van der Waals surface area contributed by atoms with E-state index in [9.17, 15) is 13.2 Å². The number of thioether (sulfide) groups is 1. The third kappa shape index (κ3) is 6.26. The largest absolute Gasteiger partial charge is 0.339 e. The van der Waals surface area contributed by atoms with Gasteiger partial charge in [0.2, 0.25) is 0 Å². The lowest BCUT2D eigenvalue weighted by Gasteiger charge is -2.22. The Labute approximate surface area is 190 Å². The lowest BCUT2D eigenvalue weighted by atomic mass is 10.1. The summed E-state index contributed by atoms with van der Waals surface area (Å²) in [6, 6.07) is 12.3. The van der Waals surface area contributed by atoms with Gasteiger partial charge >= 0.3 is 0 Å². The average molecular weight is 461 g/mol. The summed E-state index contributed by atoms with van der Waals surface area (Å²) >= 11 is 1.46. The number of hydrogen-bond acceptors (Lipinski definition) is 4. The summed E-state index contributed by atoms with van der Waals surface area (Å²) in [4.78, 5) is 16.0. The second-order valence-electron chi connectivity index (χ2n) is 7.97. The van der Waals surface area contributed by atoms with Crippen molar-refractivity contribution < 1.29 is 13.2 Å². The van der Waals surface area contributed by atoms with E-state index in [4.69, 9.17) is 0 Å². The number of likely N-dealkylation sites (tertiary alicyclic amines) is 1. The minimum Gasteiger partial charge on any atom is -0.339 e. The van der Waals surface area contributed by atoms with Crippen molar-refractivity contribution >= 4 is 33.4 Å². The van der Waals surface area contributed by atoms with Crippen LogP contribution in [0.5, 0.6) is 0 Å². The van der Waals surface area contributed by atoms with E-state index in [0.717, 1.165) is 62.9 Å². The molecule has 0 atom stereocenters. The van der Waals surface area contributed by atoms with Crippen LogP contribution in [0.15, 0.2) is 52.3 Å². The standard InChI is InChI=1S/C24H32N2O3S2/c1-3-4-9-19-10-12-20(13-11-19)25-31(28,29)21-14-15-23(30-2)22(18-21)24(27)26-16-7-5-6-8-17-26/h10-15,18,25H,3-9,16-17H2,1-2H3. The Morgan fingerprint density at radius 1 is 1.03 bits per heavy atom. The van der Waals surface area contributed by atoms with Crippen LogP contribution in [0.1, 0.15) is 61.4 Å². The fourth-order valence-corrected chi connectivity index (χ4v) is 5.45. The molecule has 0 aliphatic carbocycles. The van der Waals surface area contributed by atoms with Gasteiger partial charge in [0.25, 0.3) is 15.9 Å². The normalized spacial score (nSPS) is 14.8. The van der Waals surface area contributed by atoms with E-state index >= 15 is 0 Å². The van der Waals surface area contributed by atoms with Crippen molar-refractivity contribution in [2.45, 2.75) is 61.7 Å².